The third-order valence-electron chi connectivity index (χ3n) is 1.59. The fourth-order valence-electron chi connectivity index (χ4n) is 0.915. The van der Waals surface area contributed by atoms with Crippen molar-refractivity contribution in [2.45, 2.75) is 6.54 Å². The van der Waals surface area contributed by atoms with Gasteiger partial charge >= 0.3 is 0 Å². The van der Waals surface area contributed by atoms with Gasteiger partial charge in [0.1, 0.15) is 12.3 Å². The predicted octanol–water partition coefficient (Wildman–Crippen LogP) is -0.821. The van der Waals surface area contributed by atoms with Crippen LogP contribution in [0.5, 0.6) is 0 Å². The molecular weight excluding hydrogens is 168 g/mol. The monoisotopic (exact) mass is 177 g/mol. The Hall–Kier alpha value is -2.09. The Morgan fingerprint density at radius 1 is 1.62 bits per heavy atom. The Kier molecular flexibility index (Phi) is 2.45. The topological polar surface area (TPSA) is 96.8 Å². The average Bonchev–Trinajstić information content (AvgIpc) is 2.08. The molecule has 0 saturated carbocycles. The fraction of sp³-hybridized carbons (Fsp3) is 0.125. The van der Waals surface area contributed by atoms with Crippen molar-refractivity contribution in [3.8, 4) is 6.07 Å². The zero-order valence-corrected chi connectivity index (χ0v) is 6.90. The number of hydrogen-bond acceptors (Lipinski definition) is 3. The van der Waals surface area contributed by atoms with E-state index >= 15 is 0 Å². The molecule has 0 bridgehead atoms. The summed E-state index contributed by atoms with van der Waals surface area (Å²) in [7, 11) is 0. The van der Waals surface area contributed by atoms with E-state index in [4.69, 9.17) is 16.7 Å². The second kappa shape index (κ2) is 3.54. The molecule has 0 aromatic carbocycles. The Morgan fingerprint density at radius 2 is 2.31 bits per heavy atom. The van der Waals surface area contributed by atoms with Gasteiger partial charge in [0, 0.05) is 6.07 Å². The molecule has 5 heteroatoms. The van der Waals surface area contributed by atoms with Gasteiger partial charge in [-0.1, -0.05) is 0 Å². The highest BCUT2D eigenvalue weighted by Crippen LogP contribution is 1.98. The zero-order valence-electron chi connectivity index (χ0n) is 6.90. The van der Waals surface area contributed by atoms with E-state index in [1.807, 2.05) is 6.07 Å². The Morgan fingerprint density at radius 3 is 2.85 bits per heavy atom. The lowest BCUT2D eigenvalue weighted by Crippen LogP contribution is -2.37. The summed E-state index contributed by atoms with van der Waals surface area (Å²) in [5.41, 5.74) is 10.9. The SMILES string of the molecule is N#CC[n+]1cc(C(N)=O)ccc1N. The van der Waals surface area contributed by atoms with Gasteiger partial charge in [-0.3, -0.25) is 10.5 Å². The number of amides is 1. The molecule has 1 aromatic heterocycles. The van der Waals surface area contributed by atoms with E-state index in [-0.39, 0.29) is 6.54 Å². The van der Waals surface area contributed by atoms with E-state index in [1.54, 1.807) is 0 Å². The van der Waals surface area contributed by atoms with Crippen molar-refractivity contribution in [1.29, 1.82) is 5.26 Å². The number of carbonyl (C=O) groups excluding carboxylic acids is 1. The van der Waals surface area contributed by atoms with Crippen LogP contribution < -0.4 is 16.0 Å². The molecule has 4 N–H and O–H groups in total. The summed E-state index contributed by atoms with van der Waals surface area (Å²) < 4.78 is 1.46. The molecule has 13 heavy (non-hydrogen) atoms. The maximum Gasteiger partial charge on any atom is 0.273 e. The minimum atomic E-state index is -0.535. The number of nitrogens with two attached hydrogens (primary N) is 2. The molecule has 1 amide bonds. The van der Waals surface area contributed by atoms with Crippen LogP contribution in [0.25, 0.3) is 0 Å². The molecule has 5 nitrogen and oxygen atoms in total. The largest absolute Gasteiger partial charge is 0.365 e. The summed E-state index contributed by atoms with van der Waals surface area (Å²) >= 11 is 0. The maximum atomic E-state index is 10.8. The zero-order chi connectivity index (χ0) is 9.84. The van der Waals surface area contributed by atoms with Crippen molar-refractivity contribution in [1.82, 2.24) is 0 Å². The molecule has 0 radical (unpaired) electrons. The number of pyridine rings is 1. The van der Waals surface area contributed by atoms with E-state index < -0.39 is 5.91 Å². The van der Waals surface area contributed by atoms with Gasteiger partial charge in [0.2, 0.25) is 0 Å². The molecule has 0 aliphatic carbocycles. The van der Waals surface area contributed by atoms with Crippen LogP contribution in [0.3, 0.4) is 0 Å². The van der Waals surface area contributed by atoms with Gasteiger partial charge < -0.3 is 5.73 Å². The van der Waals surface area contributed by atoms with Crippen molar-refractivity contribution >= 4 is 11.7 Å². The van der Waals surface area contributed by atoms with Gasteiger partial charge in [-0.15, -0.1) is 0 Å². The summed E-state index contributed by atoms with van der Waals surface area (Å²) in [6, 6.07) is 4.98. The summed E-state index contributed by atoms with van der Waals surface area (Å²) in [5.74, 6) is -0.113. The Labute approximate surface area is 75.2 Å². The van der Waals surface area contributed by atoms with Crippen molar-refractivity contribution in [3.63, 3.8) is 0 Å². The third kappa shape index (κ3) is 1.93. The third-order valence-corrected chi connectivity index (χ3v) is 1.59. The number of aromatic nitrogens is 1. The molecule has 0 aliphatic rings. The molecule has 0 atom stereocenters. The number of rotatable bonds is 2. The Balaban J connectivity index is 3.12. The second-order valence-corrected chi connectivity index (χ2v) is 2.49. The first-order chi connectivity index (χ1) is 6.15. The van der Waals surface area contributed by atoms with Crippen LogP contribution in [0.4, 0.5) is 5.82 Å². The van der Waals surface area contributed by atoms with E-state index in [2.05, 4.69) is 0 Å². The van der Waals surface area contributed by atoms with Crippen LogP contribution in [0.2, 0.25) is 0 Å². The summed E-state index contributed by atoms with van der Waals surface area (Å²) in [5, 5.41) is 8.43. The number of hydrogen-bond donors (Lipinski definition) is 2. The minimum absolute atomic E-state index is 0.104. The van der Waals surface area contributed by atoms with Crippen LogP contribution in [0.1, 0.15) is 10.4 Å². The van der Waals surface area contributed by atoms with Gasteiger partial charge in [0.15, 0.2) is 6.54 Å². The highest BCUT2D eigenvalue weighted by Gasteiger charge is 2.07. The van der Waals surface area contributed by atoms with E-state index in [0.717, 1.165) is 0 Å². The minimum Gasteiger partial charge on any atom is -0.365 e. The standard InChI is InChI=1S/C8H8N4O/c9-3-4-12-5-6(8(11)13)1-2-7(12)10/h1-2,5,10H,4H2,(H2,11,13)/p+1. The molecule has 0 saturated heterocycles. The molecule has 0 unspecified atom stereocenters. The van der Waals surface area contributed by atoms with Crippen molar-refractivity contribution in [2.75, 3.05) is 5.73 Å². The summed E-state index contributed by atoms with van der Waals surface area (Å²) in [6.45, 7) is 0.104. The lowest BCUT2D eigenvalue weighted by Gasteiger charge is -1.99. The molecule has 0 aliphatic heterocycles. The van der Waals surface area contributed by atoms with E-state index in [9.17, 15) is 4.79 Å². The van der Waals surface area contributed by atoms with Gasteiger partial charge in [-0.2, -0.15) is 5.26 Å². The molecule has 1 heterocycles. The molecule has 1 rings (SSSR count). The lowest BCUT2D eigenvalue weighted by atomic mass is 10.2. The van der Waals surface area contributed by atoms with Crippen LogP contribution in [-0.2, 0) is 6.54 Å². The van der Waals surface area contributed by atoms with Crippen molar-refractivity contribution in [2.24, 2.45) is 5.73 Å². The van der Waals surface area contributed by atoms with Crippen LogP contribution in [0, 0.1) is 11.3 Å². The molecule has 1 aromatic rings. The lowest BCUT2D eigenvalue weighted by molar-refractivity contribution is -0.670. The van der Waals surface area contributed by atoms with E-state index in [1.165, 1.54) is 22.9 Å². The number of anilines is 1. The molecular formula is C8H9N4O+. The van der Waals surface area contributed by atoms with Gasteiger partial charge in [-0.25, -0.2) is 4.57 Å². The smallest absolute Gasteiger partial charge is 0.273 e. The van der Waals surface area contributed by atoms with Crippen LogP contribution in [0.15, 0.2) is 18.3 Å². The normalized spacial score (nSPS) is 9.15. The second-order valence-electron chi connectivity index (χ2n) is 2.49. The Bertz CT molecular complexity index is 380. The first-order valence-electron chi connectivity index (χ1n) is 3.61. The van der Waals surface area contributed by atoms with Crippen molar-refractivity contribution in [3.05, 3.63) is 23.9 Å². The highest BCUT2D eigenvalue weighted by atomic mass is 16.1. The average molecular weight is 177 g/mol. The number of nitrogens with zero attached hydrogens (tertiary/aromatic N) is 2. The number of nitrogen functional groups attached to an aromatic ring is 1. The number of carbonyl (C=O) groups is 1. The van der Waals surface area contributed by atoms with Gasteiger partial charge in [-0.05, 0) is 6.07 Å². The quantitative estimate of drug-likeness (QED) is 0.577. The summed E-state index contributed by atoms with van der Waals surface area (Å²) in [6.07, 6.45) is 1.46. The number of primary amides is 1. The molecule has 0 fully saturated rings. The molecule has 66 valence electrons. The van der Waals surface area contributed by atoms with Crippen LogP contribution in [-0.4, -0.2) is 5.91 Å². The van der Waals surface area contributed by atoms with Gasteiger partial charge in [0.05, 0.1) is 5.56 Å². The van der Waals surface area contributed by atoms with Crippen molar-refractivity contribution < 1.29 is 9.36 Å². The number of nitriles is 1. The van der Waals surface area contributed by atoms with Gasteiger partial charge in [0.25, 0.3) is 11.7 Å². The van der Waals surface area contributed by atoms with Crippen LogP contribution >= 0.6 is 0 Å². The maximum absolute atomic E-state index is 10.8. The predicted molar refractivity (Wildman–Crippen MR) is 45.2 cm³/mol. The van der Waals surface area contributed by atoms with E-state index in [0.29, 0.717) is 11.4 Å². The first kappa shape index (κ1) is 9.00. The molecule has 0 spiro atoms. The first-order valence-corrected chi connectivity index (χ1v) is 3.61. The fourth-order valence-corrected chi connectivity index (χ4v) is 0.915. The highest BCUT2D eigenvalue weighted by molar-refractivity contribution is 5.92. The summed E-state index contributed by atoms with van der Waals surface area (Å²) in [4.78, 5) is 10.8.